The molecule has 3 aromatic carbocycles. The van der Waals surface area contributed by atoms with E-state index in [4.69, 9.17) is 9.47 Å². The van der Waals surface area contributed by atoms with Gasteiger partial charge in [-0.3, -0.25) is 29.1 Å². The lowest BCUT2D eigenvalue weighted by molar-refractivity contribution is -0.188. The molecule has 2 spiro atoms. The highest BCUT2D eigenvalue weighted by molar-refractivity contribution is 5.91. The van der Waals surface area contributed by atoms with E-state index in [0.29, 0.717) is 74.8 Å². The summed E-state index contributed by atoms with van der Waals surface area (Å²) in [5.74, 6) is 3.97. The molecule has 14 aliphatic rings. The van der Waals surface area contributed by atoms with Crippen molar-refractivity contribution in [2.24, 2.45) is 17.8 Å². The number of likely N-dealkylation sites (tertiary alicyclic amines) is 3. The third-order valence-electron chi connectivity index (χ3n) is 22.9. The summed E-state index contributed by atoms with van der Waals surface area (Å²) >= 11 is 0. The highest BCUT2D eigenvalue weighted by Crippen LogP contribution is 2.67. The first-order valence-corrected chi connectivity index (χ1v) is 29.5. The fourth-order valence-corrected chi connectivity index (χ4v) is 18.7. The first-order chi connectivity index (χ1) is 37.1. The Morgan fingerprint density at radius 2 is 0.948 bits per heavy atom. The maximum Gasteiger partial charge on any atom is 0.174 e. The van der Waals surface area contributed by atoms with Crippen molar-refractivity contribution in [1.82, 2.24) is 14.7 Å². The number of aliphatic hydroxyl groups excluding tert-OH is 2. The minimum absolute atomic E-state index is 0.0110. The van der Waals surface area contributed by atoms with Gasteiger partial charge in [0.05, 0.1) is 40.8 Å². The van der Waals surface area contributed by atoms with Crippen LogP contribution in [0.1, 0.15) is 147 Å². The van der Waals surface area contributed by atoms with E-state index in [2.05, 4.69) is 20.8 Å². The fourth-order valence-electron chi connectivity index (χ4n) is 18.7. The Bertz CT molecular complexity index is 3010. The summed E-state index contributed by atoms with van der Waals surface area (Å²) in [7, 11) is 0. The number of phenolic OH excluding ortho intramolecular Hbond substituents is 1. The van der Waals surface area contributed by atoms with Crippen molar-refractivity contribution in [3.63, 3.8) is 0 Å². The van der Waals surface area contributed by atoms with Crippen LogP contribution in [0.5, 0.6) is 23.0 Å². The first kappa shape index (κ1) is 49.6. The third-order valence-corrected chi connectivity index (χ3v) is 22.9. The van der Waals surface area contributed by atoms with Crippen molar-refractivity contribution in [2.45, 2.75) is 199 Å². The van der Waals surface area contributed by atoms with Gasteiger partial charge < -0.3 is 45.2 Å². The summed E-state index contributed by atoms with van der Waals surface area (Å²) in [5, 5.41) is 76.6. The lowest BCUT2D eigenvalue weighted by Gasteiger charge is -2.63. The van der Waals surface area contributed by atoms with E-state index in [0.717, 1.165) is 116 Å². The second-order valence-electron chi connectivity index (χ2n) is 26.6. The van der Waals surface area contributed by atoms with Crippen LogP contribution in [-0.4, -0.2) is 154 Å². The molecule has 9 aliphatic carbocycles. The van der Waals surface area contributed by atoms with Gasteiger partial charge in [-0.25, -0.2) is 0 Å². The van der Waals surface area contributed by atoms with Crippen LogP contribution in [0.2, 0.25) is 0 Å². The van der Waals surface area contributed by atoms with Gasteiger partial charge in [0.25, 0.3) is 0 Å². The molecule has 0 aromatic heterocycles. The van der Waals surface area contributed by atoms with Gasteiger partial charge >= 0.3 is 0 Å². The van der Waals surface area contributed by atoms with Gasteiger partial charge in [0.1, 0.15) is 17.3 Å². The number of ether oxygens (including phenoxy) is 2. The third kappa shape index (κ3) is 6.68. The molecule has 15 nitrogen and oxygen atoms in total. The molecule has 15 heteroatoms. The molecule has 0 amide bonds. The Kier molecular flexibility index (Phi) is 11.0. The number of hydrogen-bond donors (Lipinski definition) is 7. The number of aromatic hydroxyl groups is 2. The molecule has 6 saturated carbocycles. The van der Waals surface area contributed by atoms with Gasteiger partial charge in [0.2, 0.25) is 0 Å². The SMILES string of the molecule is O=C1CC[C@@]2(O)[C@H]3Cc4ccc(CO)c(O)c4[C@@]2(CCN3CC2CC2)C1.O=C1CC[C@@]2(O)[C@H]3Cc4ccc(CO)c5c4[C@@]2(CCN3CC2CC2)[C@H]1O5.O=C1CC[C@@]2(O)[C@H]3Cc4ccc(O)c5c4[C@@]2(CCN3CC2CC2)[C@H]1O5. The molecule has 9 fully saturated rings. The average Bonchev–Trinajstić information content (AvgIpc) is 4.46. The predicted molar refractivity (Wildman–Crippen MR) is 280 cm³/mol. The molecule has 7 N–H and O–H groups in total. The van der Waals surface area contributed by atoms with Crippen LogP contribution in [0.3, 0.4) is 0 Å². The number of nitrogens with zero attached hydrogens (tertiary/aromatic N) is 3. The Morgan fingerprint density at radius 3 is 1.47 bits per heavy atom. The van der Waals surface area contributed by atoms with Gasteiger partial charge in [-0.15, -0.1) is 0 Å². The number of rotatable bonds is 8. The summed E-state index contributed by atoms with van der Waals surface area (Å²) in [6.07, 6.45) is 14.0. The molecular weight excluding hydrogens is 979 g/mol. The summed E-state index contributed by atoms with van der Waals surface area (Å²) in [6, 6.07) is 11.5. The molecule has 5 aliphatic heterocycles. The molecular formula is C62H75N3O12. The molecule has 6 bridgehead atoms. The topological polar surface area (TPSA) is 221 Å². The van der Waals surface area contributed by atoms with Crippen molar-refractivity contribution < 1.29 is 59.6 Å². The standard InChI is InChI=1S/C21H25NO4.C21H27NO4.C20H23NO4/c23-11-14-4-3-13-9-16-21(25)6-5-15(24)19-20(21,17(13)18(14)26-19)7-8-22(16)10-12-1-2-12;23-12-15-4-3-14-9-17-21(26)6-5-16(24)10-20(21,18(14)19(15)25)7-8-22(17)11-13-1-2-13;22-13-4-3-12-9-15-20(24)6-5-14(23)18-19(20,16(12)17(13)25-18)7-8-21(15)10-11-1-2-11/h3-4,12,16,19,23,25H,1-2,5-11H2;3-4,13,17,23,25-26H,1-2,5-12H2;3-4,11,15,18,22,24H,1-2,5-10H2/t16-,19+,20+,21-;17-,20-,21-;15-,18+,19+,20-/m111/s1. The molecule has 0 radical (unpaired) electrons. The Hall–Kier alpha value is -4.45. The Balaban J connectivity index is 0.000000101. The van der Waals surface area contributed by atoms with Crippen LogP contribution < -0.4 is 9.47 Å². The Morgan fingerprint density at radius 1 is 0.506 bits per heavy atom. The second-order valence-corrected chi connectivity index (χ2v) is 26.6. The highest BCUT2D eigenvalue weighted by Gasteiger charge is 2.75. The van der Waals surface area contributed by atoms with Gasteiger partial charge in [-0.1, -0.05) is 30.3 Å². The average molecular weight is 1050 g/mol. The van der Waals surface area contributed by atoms with Crippen molar-refractivity contribution in [1.29, 1.82) is 0 Å². The number of carbonyl (C=O) groups is 3. The molecule has 3 saturated heterocycles. The Labute approximate surface area is 449 Å². The van der Waals surface area contributed by atoms with E-state index >= 15 is 0 Å². The zero-order valence-corrected chi connectivity index (χ0v) is 44.2. The quantitative estimate of drug-likeness (QED) is 0.165. The van der Waals surface area contributed by atoms with Crippen molar-refractivity contribution in [3.05, 3.63) is 80.9 Å². The lowest BCUT2D eigenvalue weighted by atomic mass is 9.49. The van der Waals surface area contributed by atoms with E-state index < -0.39 is 45.3 Å². The monoisotopic (exact) mass is 1050 g/mol. The van der Waals surface area contributed by atoms with E-state index in [9.17, 15) is 50.1 Å². The van der Waals surface area contributed by atoms with Crippen molar-refractivity contribution in [2.75, 3.05) is 39.3 Å². The maximum absolute atomic E-state index is 12.8. The van der Waals surface area contributed by atoms with Crippen LogP contribution in [-0.2, 0) is 63.1 Å². The molecule has 17 rings (SSSR count). The number of Topliss-reactive ketones (excluding diaryl/α,β-unsaturated/α-hetero) is 3. The smallest absolute Gasteiger partial charge is 0.174 e. The van der Waals surface area contributed by atoms with E-state index in [1.807, 2.05) is 18.2 Å². The number of ketones is 3. The zero-order valence-electron chi connectivity index (χ0n) is 44.2. The highest BCUT2D eigenvalue weighted by atomic mass is 16.5. The van der Waals surface area contributed by atoms with Gasteiger partial charge in [-0.05, 0) is 156 Å². The number of piperidine rings is 3. The molecule has 3 aromatic rings. The van der Waals surface area contributed by atoms with Crippen molar-refractivity contribution >= 4 is 17.3 Å². The maximum atomic E-state index is 12.8. The number of hydrogen-bond acceptors (Lipinski definition) is 15. The molecule has 11 atom stereocenters. The van der Waals surface area contributed by atoms with E-state index in [1.54, 1.807) is 12.1 Å². The summed E-state index contributed by atoms with van der Waals surface area (Å²) in [4.78, 5) is 45.4. The number of aliphatic hydroxyl groups is 5. The fraction of sp³-hybridized carbons (Fsp3) is 0.661. The van der Waals surface area contributed by atoms with Crippen LogP contribution in [0.4, 0.5) is 0 Å². The van der Waals surface area contributed by atoms with Crippen LogP contribution in [0.25, 0.3) is 0 Å². The summed E-state index contributed by atoms with van der Waals surface area (Å²) in [6.45, 7) is 5.49. The number of fused-ring (bicyclic) bond motifs is 1. The van der Waals surface area contributed by atoms with E-state index in [-0.39, 0.29) is 60.2 Å². The minimum Gasteiger partial charge on any atom is -0.507 e. The van der Waals surface area contributed by atoms with Gasteiger partial charge in [-0.2, -0.15) is 0 Å². The number of phenols is 2. The van der Waals surface area contributed by atoms with E-state index in [1.165, 1.54) is 44.1 Å². The summed E-state index contributed by atoms with van der Waals surface area (Å²) in [5.41, 5.74) is 2.45. The van der Waals surface area contributed by atoms with Crippen LogP contribution in [0.15, 0.2) is 36.4 Å². The zero-order chi connectivity index (χ0) is 52.8. The first-order valence-electron chi connectivity index (χ1n) is 29.5. The van der Waals surface area contributed by atoms with Crippen molar-refractivity contribution in [3.8, 4) is 23.0 Å². The number of benzene rings is 3. The number of carbonyl (C=O) groups excluding carboxylic acids is 3. The normalized spacial score (nSPS) is 39.4. The van der Waals surface area contributed by atoms with Crippen LogP contribution >= 0.6 is 0 Å². The molecule has 0 unspecified atom stereocenters. The van der Waals surface area contributed by atoms with Crippen LogP contribution in [0, 0.1) is 17.8 Å². The lowest BCUT2D eigenvalue weighted by Crippen LogP contribution is -2.76. The largest absolute Gasteiger partial charge is 0.507 e. The second kappa shape index (κ2) is 17.0. The molecule has 410 valence electrons. The molecule has 5 heterocycles. The van der Waals surface area contributed by atoms with Gasteiger partial charge in [0, 0.05) is 96.7 Å². The van der Waals surface area contributed by atoms with Gasteiger partial charge in [0.15, 0.2) is 35.3 Å². The predicted octanol–water partition coefficient (Wildman–Crippen LogP) is 4.48. The molecule has 77 heavy (non-hydrogen) atoms. The minimum atomic E-state index is -0.980. The summed E-state index contributed by atoms with van der Waals surface area (Å²) < 4.78 is 12.3.